The van der Waals surface area contributed by atoms with E-state index in [9.17, 15) is 14.0 Å². The van der Waals surface area contributed by atoms with Crippen molar-refractivity contribution < 1.29 is 27.9 Å². The molecule has 8 heteroatoms. The van der Waals surface area contributed by atoms with Gasteiger partial charge in [-0.15, -0.1) is 0 Å². The first-order valence-electron chi connectivity index (χ1n) is 9.95. The van der Waals surface area contributed by atoms with E-state index >= 15 is 0 Å². The van der Waals surface area contributed by atoms with E-state index in [0.29, 0.717) is 54.7 Å². The second-order valence-electron chi connectivity index (χ2n) is 7.32. The number of nitrogens with zero attached hydrogens (tertiary/aromatic N) is 1. The van der Waals surface area contributed by atoms with E-state index in [1.807, 2.05) is 0 Å². The van der Waals surface area contributed by atoms with Crippen LogP contribution in [0.25, 0.3) is 11.3 Å². The molecule has 1 fully saturated rings. The van der Waals surface area contributed by atoms with Gasteiger partial charge in [0.2, 0.25) is 11.8 Å². The van der Waals surface area contributed by atoms with Crippen LogP contribution in [0.15, 0.2) is 59.2 Å². The van der Waals surface area contributed by atoms with Gasteiger partial charge in [0.15, 0.2) is 11.5 Å². The van der Waals surface area contributed by atoms with Gasteiger partial charge in [-0.2, -0.15) is 0 Å². The fraction of sp³-hybridized carbons (Fsp3) is 0.217. The Hall–Kier alpha value is -3.81. The normalized spacial score (nSPS) is 17.6. The minimum absolute atomic E-state index is 0.00415. The number of fused-ring (bicyclic) bond motifs is 1. The minimum atomic E-state index is -0.903. The first kappa shape index (κ1) is 19.2. The van der Waals surface area contributed by atoms with E-state index < -0.39 is 17.6 Å². The highest BCUT2D eigenvalue weighted by atomic mass is 19.1. The van der Waals surface area contributed by atoms with Crippen molar-refractivity contribution in [1.29, 1.82) is 0 Å². The predicted octanol–water partition coefficient (Wildman–Crippen LogP) is 3.85. The number of anilines is 2. The van der Waals surface area contributed by atoms with Crippen LogP contribution in [0.1, 0.15) is 6.42 Å². The predicted molar refractivity (Wildman–Crippen MR) is 111 cm³/mol. The van der Waals surface area contributed by atoms with Crippen molar-refractivity contribution in [3.8, 4) is 22.8 Å². The fourth-order valence-corrected chi connectivity index (χ4v) is 3.82. The molecule has 1 aromatic heterocycles. The molecule has 0 aliphatic carbocycles. The number of halogens is 1. The van der Waals surface area contributed by atoms with Crippen LogP contribution < -0.4 is 19.7 Å². The van der Waals surface area contributed by atoms with Crippen LogP contribution in [0.4, 0.5) is 15.8 Å². The lowest BCUT2D eigenvalue weighted by Crippen LogP contribution is -2.33. The zero-order valence-electron chi connectivity index (χ0n) is 16.5. The number of hydrogen-bond acceptors (Lipinski definition) is 5. The van der Waals surface area contributed by atoms with E-state index in [4.69, 9.17) is 13.9 Å². The van der Waals surface area contributed by atoms with Crippen LogP contribution in [0.3, 0.4) is 0 Å². The number of carbonyl (C=O) groups is 2. The molecule has 3 aromatic rings. The van der Waals surface area contributed by atoms with Crippen molar-refractivity contribution in [1.82, 2.24) is 0 Å². The zero-order chi connectivity index (χ0) is 21.4. The Morgan fingerprint density at radius 3 is 2.71 bits per heavy atom. The van der Waals surface area contributed by atoms with Gasteiger partial charge in [0.25, 0.3) is 0 Å². The van der Waals surface area contributed by atoms with Crippen LogP contribution in [-0.4, -0.2) is 31.6 Å². The average Bonchev–Trinajstić information content (AvgIpc) is 3.45. The second-order valence-corrected chi connectivity index (χ2v) is 7.32. The van der Waals surface area contributed by atoms with E-state index in [0.717, 1.165) is 0 Å². The van der Waals surface area contributed by atoms with Gasteiger partial charge in [0, 0.05) is 23.9 Å². The van der Waals surface area contributed by atoms with E-state index in [-0.39, 0.29) is 11.6 Å². The van der Waals surface area contributed by atoms with Crippen molar-refractivity contribution in [2.24, 2.45) is 5.92 Å². The summed E-state index contributed by atoms with van der Waals surface area (Å²) in [6.07, 6.45) is 1.85. The molecule has 1 atom stereocenters. The highest BCUT2D eigenvalue weighted by Crippen LogP contribution is 2.36. The molecular formula is C23H19FN2O5. The van der Waals surface area contributed by atoms with Crippen LogP contribution >= 0.6 is 0 Å². The lowest BCUT2D eigenvalue weighted by Gasteiger charge is -2.22. The van der Waals surface area contributed by atoms with Gasteiger partial charge in [-0.3, -0.25) is 9.59 Å². The van der Waals surface area contributed by atoms with Gasteiger partial charge < -0.3 is 24.1 Å². The first-order chi connectivity index (χ1) is 15.1. The molecule has 2 aromatic carbocycles. The summed E-state index contributed by atoms with van der Waals surface area (Å²) >= 11 is 0. The van der Waals surface area contributed by atoms with Crippen LogP contribution in [-0.2, 0) is 9.59 Å². The zero-order valence-corrected chi connectivity index (χ0v) is 16.5. The summed E-state index contributed by atoms with van der Waals surface area (Å²) in [5, 5.41) is 2.56. The molecule has 2 aliphatic heterocycles. The molecular weight excluding hydrogens is 403 g/mol. The van der Waals surface area contributed by atoms with E-state index in [2.05, 4.69) is 5.32 Å². The highest BCUT2D eigenvalue weighted by Gasteiger charge is 2.38. The van der Waals surface area contributed by atoms with Crippen molar-refractivity contribution in [3.05, 3.63) is 60.6 Å². The maximum atomic E-state index is 14.3. The van der Waals surface area contributed by atoms with Gasteiger partial charge in [-0.25, -0.2) is 4.39 Å². The highest BCUT2D eigenvalue weighted by molar-refractivity contribution is 6.13. The van der Waals surface area contributed by atoms with Gasteiger partial charge in [0.05, 0.1) is 12.0 Å². The summed E-state index contributed by atoms with van der Waals surface area (Å²) in [5.41, 5.74) is 1.26. The number of nitrogens with one attached hydrogen (secondary N) is 1. The molecule has 31 heavy (non-hydrogen) atoms. The Labute approximate surface area is 177 Å². The smallest absolute Gasteiger partial charge is 0.239 e. The third-order valence-electron chi connectivity index (χ3n) is 5.39. The van der Waals surface area contributed by atoms with Crippen molar-refractivity contribution in [2.45, 2.75) is 6.42 Å². The minimum Gasteiger partial charge on any atom is -0.486 e. The Balaban J connectivity index is 1.32. The summed E-state index contributed by atoms with van der Waals surface area (Å²) in [7, 11) is 0. The number of rotatable bonds is 4. The summed E-state index contributed by atoms with van der Waals surface area (Å²) in [4.78, 5) is 27.3. The Morgan fingerprint density at radius 2 is 1.90 bits per heavy atom. The molecule has 0 spiro atoms. The van der Waals surface area contributed by atoms with Crippen molar-refractivity contribution in [3.63, 3.8) is 0 Å². The quantitative estimate of drug-likeness (QED) is 0.646. The summed E-state index contributed by atoms with van der Waals surface area (Å²) in [5.74, 6) is -0.615. The molecule has 3 heterocycles. The maximum Gasteiger partial charge on any atom is 0.239 e. The summed E-state index contributed by atoms with van der Waals surface area (Å²) in [6, 6.07) is 13.0. The van der Waals surface area contributed by atoms with Gasteiger partial charge >= 0.3 is 0 Å². The number of ether oxygens (including phenoxy) is 2. The molecule has 7 nitrogen and oxygen atoms in total. The molecule has 5 rings (SSSR count). The number of carbonyl (C=O) groups excluding carboxylic acids is 2. The molecule has 1 unspecified atom stereocenters. The molecule has 2 amide bonds. The molecule has 158 valence electrons. The lowest BCUT2D eigenvalue weighted by molar-refractivity contribution is -0.129. The molecule has 0 saturated carbocycles. The average molecular weight is 422 g/mol. The van der Waals surface area contributed by atoms with Crippen LogP contribution in [0.5, 0.6) is 11.5 Å². The Kier molecular flexibility index (Phi) is 4.82. The maximum absolute atomic E-state index is 14.3. The standard InChI is InChI=1S/C23H19FN2O5/c24-17-5-3-14(19-2-1-9-29-19)12-18(17)25-22(27)16-7-8-26(23(16)28)15-4-6-20-21(13-15)31-11-10-30-20/h1-6,9,12-13,16H,7-8,10-11H2,(H,25,27). The summed E-state index contributed by atoms with van der Waals surface area (Å²) < 4.78 is 30.7. The topological polar surface area (TPSA) is 81.0 Å². The SMILES string of the molecule is O=C(Nc1cc(-c2ccco2)ccc1F)C1CCN(c2ccc3c(c2)OCCO3)C1=O. The van der Waals surface area contributed by atoms with Gasteiger partial charge in [0.1, 0.15) is 30.7 Å². The largest absolute Gasteiger partial charge is 0.486 e. The lowest BCUT2D eigenvalue weighted by atomic mass is 10.1. The third kappa shape index (κ3) is 3.61. The van der Waals surface area contributed by atoms with Crippen LogP contribution in [0, 0.1) is 11.7 Å². The van der Waals surface area contributed by atoms with Crippen molar-refractivity contribution in [2.75, 3.05) is 30.0 Å². The number of hydrogen-bond donors (Lipinski definition) is 1. The fourth-order valence-electron chi connectivity index (χ4n) is 3.82. The number of amides is 2. The van der Waals surface area contributed by atoms with E-state index in [1.54, 1.807) is 36.4 Å². The molecule has 0 radical (unpaired) electrons. The second kappa shape index (κ2) is 7.79. The Morgan fingerprint density at radius 1 is 1.06 bits per heavy atom. The van der Waals surface area contributed by atoms with Crippen molar-refractivity contribution >= 4 is 23.2 Å². The first-order valence-corrected chi connectivity index (χ1v) is 9.95. The molecule has 2 aliphatic rings. The number of benzene rings is 2. The van der Waals surface area contributed by atoms with Crippen LogP contribution in [0.2, 0.25) is 0 Å². The number of furan rings is 1. The monoisotopic (exact) mass is 422 g/mol. The third-order valence-corrected chi connectivity index (χ3v) is 5.39. The molecule has 1 saturated heterocycles. The Bertz CT molecular complexity index is 1140. The van der Waals surface area contributed by atoms with Gasteiger partial charge in [-0.1, -0.05) is 0 Å². The van der Waals surface area contributed by atoms with Gasteiger partial charge in [-0.05, 0) is 48.9 Å². The molecule has 1 N–H and O–H groups in total. The van der Waals surface area contributed by atoms with E-state index in [1.165, 1.54) is 23.3 Å². The molecule has 0 bridgehead atoms. The summed E-state index contributed by atoms with van der Waals surface area (Å²) in [6.45, 7) is 1.30.